The maximum atomic E-state index is 13.0. The standard InChI is InChI=1S/C12H16FNO4S/c1-14(5-6-19(2,17)18)8-9-3-4-10(13)7-11(9)12(15)16/h3-4,7H,5-6,8H2,1-2H3,(H,15,16). The lowest BCUT2D eigenvalue weighted by atomic mass is 10.1. The van der Waals surface area contributed by atoms with Gasteiger partial charge in [-0.15, -0.1) is 0 Å². The van der Waals surface area contributed by atoms with Gasteiger partial charge in [0.25, 0.3) is 0 Å². The van der Waals surface area contributed by atoms with Gasteiger partial charge in [0.05, 0.1) is 11.3 Å². The Balaban J connectivity index is 2.79. The van der Waals surface area contributed by atoms with Crippen molar-refractivity contribution in [2.75, 3.05) is 25.6 Å². The molecule has 0 aromatic heterocycles. The van der Waals surface area contributed by atoms with Crippen LogP contribution >= 0.6 is 0 Å². The molecule has 0 spiro atoms. The summed E-state index contributed by atoms with van der Waals surface area (Å²) in [6, 6.07) is 3.55. The highest BCUT2D eigenvalue weighted by molar-refractivity contribution is 7.90. The van der Waals surface area contributed by atoms with Crippen molar-refractivity contribution in [1.82, 2.24) is 4.90 Å². The van der Waals surface area contributed by atoms with Gasteiger partial charge in [-0.3, -0.25) is 0 Å². The van der Waals surface area contributed by atoms with Gasteiger partial charge in [0.1, 0.15) is 15.7 Å². The Morgan fingerprint density at radius 1 is 1.42 bits per heavy atom. The van der Waals surface area contributed by atoms with E-state index in [0.29, 0.717) is 5.56 Å². The predicted molar refractivity (Wildman–Crippen MR) is 69.4 cm³/mol. The summed E-state index contributed by atoms with van der Waals surface area (Å²) in [7, 11) is -1.38. The van der Waals surface area contributed by atoms with Crippen molar-refractivity contribution in [2.45, 2.75) is 6.54 Å². The molecule has 0 fully saturated rings. The minimum Gasteiger partial charge on any atom is -0.478 e. The molecule has 0 aliphatic carbocycles. The maximum Gasteiger partial charge on any atom is 0.336 e. The average molecular weight is 289 g/mol. The molecule has 0 saturated heterocycles. The molecule has 0 amide bonds. The average Bonchev–Trinajstić information content (AvgIpc) is 2.28. The maximum absolute atomic E-state index is 13.0. The van der Waals surface area contributed by atoms with Crippen LogP contribution in [0.15, 0.2) is 18.2 Å². The third kappa shape index (κ3) is 5.35. The first-order valence-electron chi connectivity index (χ1n) is 5.57. The Bertz CT molecular complexity index is 571. The number of hydrogen-bond acceptors (Lipinski definition) is 4. The Kier molecular flexibility index (Phi) is 5.02. The summed E-state index contributed by atoms with van der Waals surface area (Å²) in [5, 5.41) is 8.98. The molecular weight excluding hydrogens is 273 g/mol. The summed E-state index contributed by atoms with van der Waals surface area (Å²) < 4.78 is 35.1. The fraction of sp³-hybridized carbons (Fsp3) is 0.417. The first-order chi connectivity index (χ1) is 8.69. The van der Waals surface area contributed by atoms with Crippen molar-refractivity contribution in [2.24, 2.45) is 0 Å². The highest BCUT2D eigenvalue weighted by Crippen LogP contribution is 2.13. The number of hydrogen-bond donors (Lipinski definition) is 1. The van der Waals surface area contributed by atoms with E-state index >= 15 is 0 Å². The van der Waals surface area contributed by atoms with E-state index in [2.05, 4.69) is 0 Å². The molecule has 1 aromatic carbocycles. The number of sulfone groups is 1. The summed E-state index contributed by atoms with van der Waals surface area (Å²) in [5.74, 6) is -1.82. The number of carbonyl (C=O) groups is 1. The fourth-order valence-electron chi connectivity index (χ4n) is 1.58. The molecule has 0 bridgehead atoms. The number of rotatable bonds is 6. The second kappa shape index (κ2) is 6.12. The zero-order chi connectivity index (χ0) is 14.6. The lowest BCUT2D eigenvalue weighted by molar-refractivity contribution is 0.0694. The molecule has 0 saturated carbocycles. The molecule has 19 heavy (non-hydrogen) atoms. The number of halogens is 1. The van der Waals surface area contributed by atoms with Crippen LogP contribution in [0.1, 0.15) is 15.9 Å². The lowest BCUT2D eigenvalue weighted by Crippen LogP contribution is -2.25. The topological polar surface area (TPSA) is 74.7 Å². The molecule has 1 aromatic rings. The molecule has 0 unspecified atom stereocenters. The van der Waals surface area contributed by atoms with Crippen molar-refractivity contribution in [1.29, 1.82) is 0 Å². The van der Waals surface area contributed by atoms with Gasteiger partial charge in [0.2, 0.25) is 0 Å². The van der Waals surface area contributed by atoms with E-state index in [0.717, 1.165) is 12.3 Å². The third-order valence-corrected chi connectivity index (χ3v) is 3.51. The molecule has 0 aliphatic rings. The van der Waals surface area contributed by atoms with Crippen LogP contribution in [0.2, 0.25) is 0 Å². The van der Waals surface area contributed by atoms with Gasteiger partial charge in [0, 0.05) is 19.3 Å². The van der Waals surface area contributed by atoms with E-state index in [1.165, 1.54) is 12.1 Å². The zero-order valence-corrected chi connectivity index (χ0v) is 11.6. The Hall–Kier alpha value is -1.47. The highest BCUT2D eigenvalue weighted by Gasteiger charge is 2.13. The molecule has 0 radical (unpaired) electrons. The normalized spacial score (nSPS) is 11.8. The van der Waals surface area contributed by atoms with Crippen LogP contribution < -0.4 is 0 Å². The van der Waals surface area contributed by atoms with Crippen molar-refractivity contribution in [3.8, 4) is 0 Å². The molecule has 0 heterocycles. The first-order valence-corrected chi connectivity index (χ1v) is 7.63. The van der Waals surface area contributed by atoms with Crippen LogP contribution in [-0.2, 0) is 16.4 Å². The number of aromatic carboxylic acids is 1. The van der Waals surface area contributed by atoms with Crippen molar-refractivity contribution < 1.29 is 22.7 Å². The monoisotopic (exact) mass is 289 g/mol. The number of nitrogens with zero attached hydrogens (tertiary/aromatic N) is 1. The summed E-state index contributed by atoms with van der Waals surface area (Å²) in [4.78, 5) is 12.7. The SMILES string of the molecule is CN(CCS(C)(=O)=O)Cc1ccc(F)cc1C(=O)O. The van der Waals surface area contributed by atoms with Crippen LogP contribution in [0.25, 0.3) is 0 Å². The number of carboxylic acids is 1. The van der Waals surface area contributed by atoms with E-state index in [1.807, 2.05) is 0 Å². The molecule has 7 heteroatoms. The minimum atomic E-state index is -3.06. The van der Waals surface area contributed by atoms with E-state index in [9.17, 15) is 17.6 Å². The van der Waals surface area contributed by atoms with Crippen molar-refractivity contribution in [3.05, 3.63) is 35.1 Å². The summed E-state index contributed by atoms with van der Waals surface area (Å²) in [6.07, 6.45) is 1.14. The van der Waals surface area contributed by atoms with E-state index in [1.54, 1.807) is 11.9 Å². The van der Waals surface area contributed by atoms with E-state index in [4.69, 9.17) is 5.11 Å². The number of benzene rings is 1. The third-order valence-electron chi connectivity index (χ3n) is 2.59. The van der Waals surface area contributed by atoms with Crippen LogP contribution in [-0.4, -0.2) is 50.0 Å². The first kappa shape index (κ1) is 15.6. The molecular formula is C12H16FNO4S. The second-order valence-electron chi connectivity index (χ2n) is 4.47. The lowest BCUT2D eigenvalue weighted by Gasteiger charge is -2.17. The van der Waals surface area contributed by atoms with Crippen LogP contribution in [0, 0.1) is 5.82 Å². The Labute approximate surface area is 111 Å². The van der Waals surface area contributed by atoms with E-state index in [-0.39, 0.29) is 24.4 Å². The number of carboxylic acid groups (broad SMARTS) is 1. The molecule has 1 N–H and O–H groups in total. The van der Waals surface area contributed by atoms with Crippen LogP contribution in [0.5, 0.6) is 0 Å². The van der Waals surface area contributed by atoms with E-state index < -0.39 is 21.6 Å². The Morgan fingerprint density at radius 3 is 2.58 bits per heavy atom. The van der Waals surface area contributed by atoms with Gasteiger partial charge in [0.15, 0.2) is 0 Å². The highest BCUT2D eigenvalue weighted by atomic mass is 32.2. The molecule has 0 atom stereocenters. The smallest absolute Gasteiger partial charge is 0.336 e. The van der Waals surface area contributed by atoms with Gasteiger partial charge in [-0.25, -0.2) is 17.6 Å². The van der Waals surface area contributed by atoms with Gasteiger partial charge in [-0.1, -0.05) is 6.07 Å². The molecule has 0 aliphatic heterocycles. The van der Waals surface area contributed by atoms with Gasteiger partial charge in [-0.2, -0.15) is 0 Å². The Morgan fingerprint density at radius 2 is 2.05 bits per heavy atom. The quantitative estimate of drug-likeness (QED) is 0.845. The second-order valence-corrected chi connectivity index (χ2v) is 6.73. The zero-order valence-electron chi connectivity index (χ0n) is 10.8. The molecule has 106 valence electrons. The molecule has 1 rings (SSSR count). The van der Waals surface area contributed by atoms with Crippen molar-refractivity contribution >= 4 is 15.8 Å². The van der Waals surface area contributed by atoms with Crippen molar-refractivity contribution in [3.63, 3.8) is 0 Å². The minimum absolute atomic E-state index is 0.00685. The fourth-order valence-corrected chi connectivity index (χ4v) is 2.22. The predicted octanol–water partition coefficient (Wildman–Crippen LogP) is 1.00. The van der Waals surface area contributed by atoms with Crippen LogP contribution in [0.3, 0.4) is 0 Å². The van der Waals surface area contributed by atoms with Crippen LogP contribution in [0.4, 0.5) is 4.39 Å². The largest absolute Gasteiger partial charge is 0.478 e. The molecule has 5 nitrogen and oxygen atoms in total. The summed E-state index contributed by atoms with van der Waals surface area (Å²) >= 11 is 0. The van der Waals surface area contributed by atoms with Gasteiger partial charge >= 0.3 is 5.97 Å². The summed E-state index contributed by atoms with van der Waals surface area (Å²) in [6.45, 7) is 0.534. The summed E-state index contributed by atoms with van der Waals surface area (Å²) in [5.41, 5.74) is 0.344. The van der Waals surface area contributed by atoms with Gasteiger partial charge < -0.3 is 10.0 Å². The van der Waals surface area contributed by atoms with Gasteiger partial charge in [-0.05, 0) is 24.7 Å².